The van der Waals surface area contributed by atoms with Crippen molar-refractivity contribution >= 4 is 6.09 Å². The van der Waals surface area contributed by atoms with Crippen LogP contribution >= 0.6 is 0 Å². The van der Waals surface area contributed by atoms with Gasteiger partial charge in [-0.3, -0.25) is 4.90 Å². The molecule has 88 valence electrons. The molecule has 0 unspecified atom stereocenters. The Kier molecular flexibility index (Phi) is 3.29. The number of amides is 1. The lowest BCUT2D eigenvalue weighted by atomic mass is 10.2. The van der Waals surface area contributed by atoms with Crippen LogP contribution in [-0.4, -0.2) is 28.7 Å². The lowest BCUT2D eigenvalue weighted by Gasteiger charge is -2.15. The van der Waals surface area contributed by atoms with Crippen molar-refractivity contribution in [1.82, 2.24) is 4.90 Å². The first kappa shape index (κ1) is 11.5. The van der Waals surface area contributed by atoms with Crippen LogP contribution in [0.15, 0.2) is 24.3 Å². The van der Waals surface area contributed by atoms with Gasteiger partial charge in [0.25, 0.3) is 0 Å². The fourth-order valence-corrected chi connectivity index (χ4v) is 1.88. The Morgan fingerprint density at radius 3 is 3.06 bits per heavy atom. The van der Waals surface area contributed by atoms with E-state index in [1.807, 2.05) is 0 Å². The predicted octanol–water partition coefficient (Wildman–Crippen LogP) is 2.32. The number of hydrogen-bond acceptors (Lipinski definition) is 1. The standard InChI is InChI=1S/C13H12FNO2/c14-11-4-1-3-10(9-11)6-7-12-5-2-8-15(12)13(16)17/h1,3-4,9,12H,2,5,8H2,(H,16,17)/t12-/m0/s1. The molecule has 1 aliphatic rings. The van der Waals surface area contributed by atoms with E-state index in [9.17, 15) is 9.18 Å². The van der Waals surface area contributed by atoms with Crippen molar-refractivity contribution in [1.29, 1.82) is 0 Å². The quantitative estimate of drug-likeness (QED) is 0.698. The van der Waals surface area contributed by atoms with Crippen LogP contribution in [0.25, 0.3) is 0 Å². The van der Waals surface area contributed by atoms with Gasteiger partial charge in [0.1, 0.15) is 5.82 Å². The first-order valence-electron chi connectivity index (χ1n) is 5.43. The van der Waals surface area contributed by atoms with Crippen molar-refractivity contribution in [3.05, 3.63) is 35.6 Å². The normalized spacial score (nSPS) is 18.6. The van der Waals surface area contributed by atoms with E-state index in [0.29, 0.717) is 12.1 Å². The van der Waals surface area contributed by atoms with Gasteiger partial charge in [0.2, 0.25) is 0 Å². The number of nitrogens with zero attached hydrogens (tertiary/aromatic N) is 1. The van der Waals surface area contributed by atoms with Gasteiger partial charge in [-0.15, -0.1) is 0 Å². The van der Waals surface area contributed by atoms with Crippen LogP contribution in [0.2, 0.25) is 0 Å². The molecule has 1 aromatic rings. The van der Waals surface area contributed by atoms with Crippen LogP contribution in [0.5, 0.6) is 0 Å². The van der Waals surface area contributed by atoms with E-state index >= 15 is 0 Å². The van der Waals surface area contributed by atoms with Gasteiger partial charge >= 0.3 is 6.09 Å². The minimum absolute atomic E-state index is 0.268. The van der Waals surface area contributed by atoms with Crippen LogP contribution in [-0.2, 0) is 0 Å². The minimum atomic E-state index is -0.943. The van der Waals surface area contributed by atoms with Crippen LogP contribution in [0.4, 0.5) is 9.18 Å². The van der Waals surface area contributed by atoms with Gasteiger partial charge in [0.05, 0.1) is 6.04 Å². The SMILES string of the molecule is O=C(O)N1CCC[C@H]1C#Cc1cccc(F)c1. The van der Waals surface area contributed by atoms with Crippen LogP contribution in [0.1, 0.15) is 18.4 Å². The number of benzene rings is 1. The van der Waals surface area contributed by atoms with Gasteiger partial charge in [-0.25, -0.2) is 9.18 Å². The Morgan fingerprint density at radius 1 is 1.53 bits per heavy atom. The molecule has 0 spiro atoms. The average Bonchev–Trinajstić information content (AvgIpc) is 2.74. The number of hydrogen-bond donors (Lipinski definition) is 1. The highest BCUT2D eigenvalue weighted by Gasteiger charge is 2.26. The van der Waals surface area contributed by atoms with E-state index in [-0.39, 0.29) is 11.9 Å². The van der Waals surface area contributed by atoms with E-state index in [4.69, 9.17) is 5.11 Å². The molecule has 0 aromatic heterocycles. The molecule has 1 amide bonds. The van der Waals surface area contributed by atoms with Crippen molar-refractivity contribution < 1.29 is 14.3 Å². The number of likely N-dealkylation sites (tertiary alicyclic amines) is 1. The molecular weight excluding hydrogens is 221 g/mol. The Labute approximate surface area is 98.9 Å². The summed E-state index contributed by atoms with van der Waals surface area (Å²) in [6, 6.07) is 5.71. The van der Waals surface area contributed by atoms with E-state index in [1.165, 1.54) is 17.0 Å². The van der Waals surface area contributed by atoms with Crippen molar-refractivity contribution in [2.45, 2.75) is 18.9 Å². The molecule has 3 nitrogen and oxygen atoms in total. The highest BCUT2D eigenvalue weighted by atomic mass is 19.1. The highest BCUT2D eigenvalue weighted by Crippen LogP contribution is 2.16. The molecular formula is C13H12FNO2. The van der Waals surface area contributed by atoms with Gasteiger partial charge < -0.3 is 5.11 Å². The summed E-state index contributed by atoms with van der Waals surface area (Å²) < 4.78 is 12.9. The molecule has 4 heteroatoms. The molecule has 0 aliphatic carbocycles. The third-order valence-electron chi connectivity index (χ3n) is 2.71. The number of rotatable bonds is 0. The van der Waals surface area contributed by atoms with Crippen molar-refractivity contribution in [3.63, 3.8) is 0 Å². The molecule has 17 heavy (non-hydrogen) atoms. The molecule has 0 radical (unpaired) electrons. The fraction of sp³-hybridized carbons (Fsp3) is 0.308. The second-order valence-corrected chi connectivity index (χ2v) is 3.91. The molecule has 2 rings (SSSR count). The first-order valence-corrected chi connectivity index (χ1v) is 5.43. The van der Waals surface area contributed by atoms with E-state index in [2.05, 4.69) is 11.8 Å². The smallest absolute Gasteiger partial charge is 0.408 e. The molecule has 1 aromatic carbocycles. The van der Waals surface area contributed by atoms with E-state index in [0.717, 1.165) is 12.8 Å². The minimum Gasteiger partial charge on any atom is -0.465 e. The summed E-state index contributed by atoms with van der Waals surface area (Å²) >= 11 is 0. The van der Waals surface area contributed by atoms with Crippen LogP contribution in [0, 0.1) is 17.7 Å². The molecule has 0 bridgehead atoms. The van der Waals surface area contributed by atoms with E-state index < -0.39 is 6.09 Å². The summed E-state index contributed by atoms with van der Waals surface area (Å²) in [7, 11) is 0. The van der Waals surface area contributed by atoms with Gasteiger partial charge in [0, 0.05) is 12.1 Å². The maximum Gasteiger partial charge on any atom is 0.408 e. The molecule has 1 saturated heterocycles. The van der Waals surface area contributed by atoms with Gasteiger partial charge in [0.15, 0.2) is 0 Å². The predicted molar refractivity (Wildman–Crippen MR) is 61.0 cm³/mol. The largest absolute Gasteiger partial charge is 0.465 e. The molecule has 1 heterocycles. The second-order valence-electron chi connectivity index (χ2n) is 3.91. The van der Waals surface area contributed by atoms with Crippen molar-refractivity contribution in [2.24, 2.45) is 0 Å². The number of carboxylic acid groups (broad SMARTS) is 1. The van der Waals surface area contributed by atoms with Crippen LogP contribution in [0.3, 0.4) is 0 Å². The third-order valence-corrected chi connectivity index (χ3v) is 2.71. The van der Waals surface area contributed by atoms with Gasteiger partial charge in [-0.2, -0.15) is 0 Å². The van der Waals surface area contributed by atoms with E-state index in [1.54, 1.807) is 12.1 Å². The summed E-state index contributed by atoms with van der Waals surface area (Å²) in [5, 5.41) is 8.92. The van der Waals surface area contributed by atoms with Gasteiger partial charge in [-0.1, -0.05) is 17.9 Å². The van der Waals surface area contributed by atoms with Gasteiger partial charge in [-0.05, 0) is 31.0 Å². The molecule has 1 N–H and O–H groups in total. The Balaban J connectivity index is 2.13. The molecule has 1 aliphatic heterocycles. The number of halogens is 1. The maximum atomic E-state index is 12.9. The Bertz CT molecular complexity index is 490. The summed E-state index contributed by atoms with van der Waals surface area (Å²) in [5.74, 6) is 5.37. The Morgan fingerprint density at radius 2 is 2.35 bits per heavy atom. The molecule has 1 atom stereocenters. The first-order chi connectivity index (χ1) is 8.16. The fourth-order valence-electron chi connectivity index (χ4n) is 1.88. The zero-order valence-electron chi connectivity index (χ0n) is 9.19. The summed E-state index contributed by atoms with van der Waals surface area (Å²) in [6.07, 6.45) is 0.629. The zero-order valence-corrected chi connectivity index (χ0v) is 9.19. The lowest BCUT2D eigenvalue weighted by molar-refractivity contribution is 0.148. The molecule has 0 saturated carbocycles. The Hall–Kier alpha value is -2.02. The average molecular weight is 233 g/mol. The third kappa shape index (κ3) is 2.76. The van der Waals surface area contributed by atoms with Crippen LogP contribution < -0.4 is 0 Å². The number of carbonyl (C=O) groups is 1. The summed E-state index contributed by atoms with van der Waals surface area (Å²) in [5.41, 5.74) is 0.572. The zero-order chi connectivity index (χ0) is 12.3. The second kappa shape index (κ2) is 4.88. The lowest BCUT2D eigenvalue weighted by Crippen LogP contribution is -2.33. The monoisotopic (exact) mass is 233 g/mol. The van der Waals surface area contributed by atoms with Crippen molar-refractivity contribution in [3.8, 4) is 11.8 Å². The summed E-state index contributed by atoms with van der Waals surface area (Å²) in [6.45, 7) is 0.526. The topological polar surface area (TPSA) is 40.5 Å². The van der Waals surface area contributed by atoms with Crippen molar-refractivity contribution in [2.75, 3.05) is 6.54 Å². The maximum absolute atomic E-state index is 12.9. The molecule has 1 fully saturated rings. The highest BCUT2D eigenvalue weighted by molar-refractivity contribution is 5.66. The summed E-state index contributed by atoms with van der Waals surface area (Å²) in [4.78, 5) is 12.2.